The third-order valence-corrected chi connectivity index (χ3v) is 6.57. The minimum absolute atomic E-state index is 0.678. The van der Waals surface area contributed by atoms with Gasteiger partial charge in [0.25, 0.3) is 0 Å². The Kier molecular flexibility index (Phi) is 6.63. The number of para-hydroxylation sites is 1. The lowest BCUT2D eigenvalue weighted by molar-refractivity contribution is 0.203. The summed E-state index contributed by atoms with van der Waals surface area (Å²) in [4.78, 5) is 11.3. The fourth-order valence-electron chi connectivity index (χ4n) is 3.46. The van der Waals surface area contributed by atoms with Crippen LogP contribution < -0.4 is 5.32 Å². The summed E-state index contributed by atoms with van der Waals surface area (Å²) in [5.74, 6) is -0.925. The minimum Gasteiger partial charge on any atom is -0.368 e. The van der Waals surface area contributed by atoms with Crippen molar-refractivity contribution in [3.8, 4) is 0 Å². The van der Waals surface area contributed by atoms with Gasteiger partial charge in [0.1, 0.15) is 6.10 Å². The largest absolute Gasteiger partial charge is 0.368 e. The summed E-state index contributed by atoms with van der Waals surface area (Å²) in [5.41, 5.74) is 3.05. The molecule has 4 aromatic carbocycles. The normalized spacial score (nSPS) is 14.0. The highest BCUT2D eigenvalue weighted by Gasteiger charge is 2.37. The molecule has 0 radical (unpaired) electrons. The van der Waals surface area contributed by atoms with Crippen molar-refractivity contribution >= 4 is 13.3 Å². The van der Waals surface area contributed by atoms with Crippen molar-refractivity contribution in [2.75, 3.05) is 5.32 Å². The minimum atomic E-state index is -4.19. The second kappa shape index (κ2) is 9.76. The van der Waals surface area contributed by atoms with Crippen molar-refractivity contribution < 1.29 is 14.0 Å². The fraction of sp³-hybridized carbons (Fsp3) is 0.0769. The van der Waals surface area contributed by atoms with E-state index in [2.05, 4.69) is 5.32 Å². The Balaban J connectivity index is 1.72. The predicted molar refractivity (Wildman–Crippen MR) is 125 cm³/mol. The molecule has 156 valence electrons. The lowest BCUT2D eigenvalue weighted by atomic mass is 10.0. The van der Waals surface area contributed by atoms with Crippen LogP contribution in [0.4, 0.5) is 5.69 Å². The Bertz CT molecular complexity index is 1080. The molecule has 0 heterocycles. The maximum atomic E-state index is 13.7. The Hall–Kier alpha value is -3.17. The lowest BCUT2D eigenvalue weighted by Gasteiger charge is -2.29. The summed E-state index contributed by atoms with van der Waals surface area (Å²) >= 11 is 0. The Morgan fingerprint density at radius 1 is 0.613 bits per heavy atom. The molecular weight excluding hydrogens is 405 g/mol. The van der Waals surface area contributed by atoms with Crippen LogP contribution in [0, 0.1) is 0 Å². The predicted octanol–water partition coefficient (Wildman–Crippen LogP) is 6.79. The summed E-state index contributed by atoms with van der Waals surface area (Å²) in [6.45, 7) is 0. The van der Waals surface area contributed by atoms with E-state index in [1.807, 2.05) is 121 Å². The van der Waals surface area contributed by atoms with Crippen LogP contribution >= 0.6 is 7.60 Å². The lowest BCUT2D eigenvalue weighted by Crippen LogP contribution is -2.15. The number of anilines is 1. The molecule has 0 spiro atoms. The molecule has 31 heavy (non-hydrogen) atoms. The fourth-order valence-corrected chi connectivity index (χ4v) is 4.99. The molecule has 0 saturated heterocycles. The van der Waals surface area contributed by atoms with Gasteiger partial charge in [-0.15, -0.1) is 0 Å². The monoisotopic (exact) mass is 429 g/mol. The van der Waals surface area contributed by atoms with Crippen molar-refractivity contribution in [3.05, 3.63) is 138 Å². The van der Waals surface area contributed by atoms with Crippen LogP contribution in [0.25, 0.3) is 0 Å². The number of benzene rings is 4. The molecule has 5 heteroatoms. The molecular formula is C26H24NO3P. The maximum Gasteiger partial charge on any atom is 0.355 e. The number of hydrogen-bond acceptors (Lipinski definition) is 3. The Labute approximate surface area is 182 Å². The molecule has 2 N–H and O–H groups in total. The first-order chi connectivity index (χ1) is 15.1. The van der Waals surface area contributed by atoms with Crippen molar-refractivity contribution in [2.24, 2.45) is 0 Å². The molecule has 0 aromatic heterocycles. The van der Waals surface area contributed by atoms with Crippen LogP contribution in [0.2, 0.25) is 0 Å². The third kappa shape index (κ3) is 5.31. The van der Waals surface area contributed by atoms with Gasteiger partial charge in [-0.3, -0.25) is 9.09 Å². The zero-order valence-electron chi connectivity index (χ0n) is 16.9. The van der Waals surface area contributed by atoms with Crippen molar-refractivity contribution in [1.29, 1.82) is 0 Å². The van der Waals surface area contributed by atoms with Crippen LogP contribution in [-0.4, -0.2) is 4.89 Å². The van der Waals surface area contributed by atoms with Gasteiger partial charge in [-0.1, -0.05) is 109 Å². The van der Waals surface area contributed by atoms with E-state index < -0.39 is 19.5 Å². The molecule has 0 aliphatic rings. The average molecular weight is 429 g/mol. The van der Waals surface area contributed by atoms with E-state index in [9.17, 15) is 9.46 Å². The zero-order chi connectivity index (χ0) is 21.5. The van der Waals surface area contributed by atoms with E-state index in [1.165, 1.54) is 0 Å². The molecule has 0 amide bonds. The number of hydrogen-bond donors (Lipinski definition) is 2. The summed E-state index contributed by atoms with van der Waals surface area (Å²) in [5, 5.41) is 3.21. The summed E-state index contributed by atoms with van der Waals surface area (Å²) < 4.78 is 19.8. The van der Waals surface area contributed by atoms with Gasteiger partial charge in [0.2, 0.25) is 0 Å². The van der Waals surface area contributed by atoms with Crippen molar-refractivity contribution in [2.45, 2.75) is 11.9 Å². The van der Waals surface area contributed by atoms with Gasteiger partial charge in [0, 0.05) is 5.69 Å². The van der Waals surface area contributed by atoms with Crippen LogP contribution in [-0.2, 0) is 9.09 Å². The third-order valence-electron chi connectivity index (χ3n) is 4.98. The SMILES string of the molecule is O=P(O)(OC(c1ccccc1)c1ccccc1)C(Nc1ccccc1)c1ccccc1. The number of rotatable bonds is 8. The van der Waals surface area contributed by atoms with Gasteiger partial charge in [-0.2, -0.15) is 0 Å². The molecule has 0 aliphatic heterocycles. The summed E-state index contributed by atoms with van der Waals surface area (Å²) in [7, 11) is -4.19. The molecule has 4 rings (SSSR count). The van der Waals surface area contributed by atoms with Gasteiger partial charge in [0.05, 0.1) is 0 Å². The highest BCUT2D eigenvalue weighted by Crippen LogP contribution is 2.59. The van der Waals surface area contributed by atoms with E-state index in [0.29, 0.717) is 5.56 Å². The first kappa shape index (κ1) is 21.1. The second-order valence-electron chi connectivity index (χ2n) is 7.19. The molecule has 0 bridgehead atoms. The topological polar surface area (TPSA) is 58.6 Å². The first-order valence-electron chi connectivity index (χ1n) is 10.1. The van der Waals surface area contributed by atoms with Crippen LogP contribution in [0.15, 0.2) is 121 Å². The van der Waals surface area contributed by atoms with Gasteiger partial charge in [-0.05, 0) is 28.8 Å². The van der Waals surface area contributed by atoms with Gasteiger partial charge >= 0.3 is 7.60 Å². The zero-order valence-corrected chi connectivity index (χ0v) is 17.8. The molecule has 0 fully saturated rings. The van der Waals surface area contributed by atoms with E-state index in [4.69, 9.17) is 4.52 Å². The molecule has 2 unspecified atom stereocenters. The molecule has 4 nitrogen and oxygen atoms in total. The summed E-state index contributed by atoms with van der Waals surface area (Å²) in [6, 6.07) is 37.6. The standard InChI is InChI=1S/C26H24NO3P/c28-31(29,26(23-17-9-3-10-18-23)27-24-19-11-4-12-20-24)30-25(21-13-5-1-6-14-21)22-15-7-2-8-16-22/h1-20,25-27H,(H,28,29). The molecule has 0 saturated carbocycles. The molecule has 0 aliphatic carbocycles. The second-order valence-corrected chi connectivity index (χ2v) is 9.05. The van der Waals surface area contributed by atoms with Crippen molar-refractivity contribution in [3.63, 3.8) is 0 Å². The van der Waals surface area contributed by atoms with Crippen LogP contribution in [0.5, 0.6) is 0 Å². The maximum absolute atomic E-state index is 13.7. The summed E-state index contributed by atoms with van der Waals surface area (Å²) in [6.07, 6.45) is -0.679. The van der Waals surface area contributed by atoms with Crippen LogP contribution in [0.3, 0.4) is 0 Å². The average Bonchev–Trinajstić information content (AvgIpc) is 2.83. The number of nitrogens with one attached hydrogen (secondary N) is 1. The van der Waals surface area contributed by atoms with E-state index in [0.717, 1.165) is 16.8 Å². The highest BCUT2D eigenvalue weighted by molar-refractivity contribution is 7.53. The quantitative estimate of drug-likeness (QED) is 0.303. The highest BCUT2D eigenvalue weighted by atomic mass is 31.2. The Morgan fingerprint density at radius 2 is 1.00 bits per heavy atom. The van der Waals surface area contributed by atoms with Gasteiger partial charge in [-0.25, -0.2) is 0 Å². The van der Waals surface area contributed by atoms with Gasteiger partial charge < -0.3 is 10.2 Å². The van der Waals surface area contributed by atoms with Crippen LogP contribution in [0.1, 0.15) is 28.6 Å². The first-order valence-corrected chi connectivity index (χ1v) is 11.8. The molecule has 4 aromatic rings. The van der Waals surface area contributed by atoms with E-state index in [1.54, 1.807) is 0 Å². The van der Waals surface area contributed by atoms with Crippen molar-refractivity contribution in [1.82, 2.24) is 0 Å². The van der Waals surface area contributed by atoms with E-state index in [-0.39, 0.29) is 0 Å². The molecule has 2 atom stereocenters. The van der Waals surface area contributed by atoms with E-state index >= 15 is 0 Å². The van der Waals surface area contributed by atoms with Gasteiger partial charge in [0.15, 0.2) is 5.78 Å². The Morgan fingerprint density at radius 3 is 1.45 bits per heavy atom. The smallest absolute Gasteiger partial charge is 0.355 e.